The van der Waals surface area contributed by atoms with Crippen LogP contribution >= 0.6 is 11.8 Å². The van der Waals surface area contributed by atoms with E-state index in [1.54, 1.807) is 11.8 Å². The van der Waals surface area contributed by atoms with Gasteiger partial charge < -0.3 is 9.84 Å². The monoisotopic (exact) mass is 270 g/mol. The van der Waals surface area contributed by atoms with Crippen molar-refractivity contribution in [1.82, 2.24) is 0 Å². The summed E-state index contributed by atoms with van der Waals surface area (Å²) in [6.45, 7) is 1.65. The third kappa shape index (κ3) is 2.18. The average Bonchev–Trinajstić information content (AvgIpc) is 2.80. The molecule has 3 aliphatic rings. The maximum Gasteiger partial charge on any atom is 0.319 e. The van der Waals surface area contributed by atoms with Crippen LogP contribution in [0.3, 0.4) is 0 Å². The van der Waals surface area contributed by atoms with E-state index in [2.05, 4.69) is 0 Å². The maximum absolute atomic E-state index is 11.7. The second-order valence-electron chi connectivity index (χ2n) is 6.29. The molecule has 0 atom stereocenters. The maximum atomic E-state index is 11.7. The van der Waals surface area contributed by atoms with Crippen molar-refractivity contribution in [3.8, 4) is 0 Å². The first-order valence-electron chi connectivity index (χ1n) is 7.13. The molecule has 0 aromatic rings. The predicted molar refractivity (Wildman–Crippen MR) is 71.9 cm³/mol. The number of thioether (sulfide) groups is 1. The van der Waals surface area contributed by atoms with Crippen LogP contribution in [0, 0.1) is 5.41 Å². The Morgan fingerprint density at radius 1 is 1.17 bits per heavy atom. The molecule has 0 bridgehead atoms. The number of rotatable bonds is 3. The molecule has 1 N–H and O–H groups in total. The molecule has 2 aliphatic carbocycles. The van der Waals surface area contributed by atoms with E-state index in [4.69, 9.17) is 4.74 Å². The van der Waals surface area contributed by atoms with Gasteiger partial charge in [0.15, 0.2) is 0 Å². The van der Waals surface area contributed by atoms with Gasteiger partial charge in [0.25, 0.3) is 0 Å². The lowest BCUT2D eigenvalue weighted by atomic mass is 9.57. The summed E-state index contributed by atoms with van der Waals surface area (Å²) in [5, 5.41) is 10.2. The standard InChI is InChI=1S/C14H22O3S/c15-12(16)14(18-11-3-1-2-4-11)9-13(10-14)5-7-17-8-6-13/h11H,1-10H2,(H,15,16). The van der Waals surface area contributed by atoms with Crippen LogP contribution in [0.25, 0.3) is 0 Å². The van der Waals surface area contributed by atoms with Crippen LogP contribution in [0.15, 0.2) is 0 Å². The van der Waals surface area contributed by atoms with Crippen LogP contribution in [-0.2, 0) is 9.53 Å². The van der Waals surface area contributed by atoms with Crippen LogP contribution in [0.4, 0.5) is 0 Å². The molecule has 1 heterocycles. The van der Waals surface area contributed by atoms with E-state index in [1.807, 2.05) is 0 Å². The SMILES string of the molecule is O=C(O)C1(SC2CCCC2)CC2(CCOCC2)C1. The van der Waals surface area contributed by atoms with E-state index < -0.39 is 10.7 Å². The fourth-order valence-corrected chi connectivity index (χ4v) is 6.01. The van der Waals surface area contributed by atoms with Crippen molar-refractivity contribution in [3.05, 3.63) is 0 Å². The summed E-state index contributed by atoms with van der Waals surface area (Å²) in [5.41, 5.74) is 0.294. The Balaban J connectivity index is 1.65. The Labute approximate surface area is 113 Å². The minimum Gasteiger partial charge on any atom is -0.480 e. The molecule has 0 radical (unpaired) electrons. The lowest BCUT2D eigenvalue weighted by Gasteiger charge is -2.55. The fraction of sp³-hybridized carbons (Fsp3) is 0.929. The van der Waals surface area contributed by atoms with Crippen molar-refractivity contribution in [1.29, 1.82) is 0 Å². The second kappa shape index (κ2) is 4.71. The highest BCUT2D eigenvalue weighted by Gasteiger charge is 2.60. The molecule has 2 saturated carbocycles. The third-order valence-electron chi connectivity index (χ3n) is 4.96. The number of carboxylic acids is 1. The highest BCUT2D eigenvalue weighted by Crippen LogP contribution is 2.62. The zero-order valence-electron chi connectivity index (χ0n) is 10.8. The number of hydrogen-bond donors (Lipinski definition) is 1. The smallest absolute Gasteiger partial charge is 0.319 e. The molecular weight excluding hydrogens is 248 g/mol. The molecule has 0 aromatic heterocycles. The number of carboxylic acid groups (broad SMARTS) is 1. The third-order valence-corrected chi connectivity index (χ3v) is 6.68. The highest BCUT2D eigenvalue weighted by atomic mass is 32.2. The van der Waals surface area contributed by atoms with Crippen molar-refractivity contribution < 1.29 is 14.6 Å². The highest BCUT2D eigenvalue weighted by molar-refractivity contribution is 8.02. The summed E-state index contributed by atoms with van der Waals surface area (Å²) >= 11 is 1.78. The van der Waals surface area contributed by atoms with Crippen LogP contribution in [0.1, 0.15) is 51.4 Å². The lowest BCUT2D eigenvalue weighted by molar-refractivity contribution is -0.150. The first kappa shape index (κ1) is 12.8. The van der Waals surface area contributed by atoms with E-state index in [-0.39, 0.29) is 0 Å². The summed E-state index contributed by atoms with van der Waals surface area (Å²) in [4.78, 5) is 11.7. The van der Waals surface area contributed by atoms with Crippen LogP contribution in [0.5, 0.6) is 0 Å². The van der Waals surface area contributed by atoms with E-state index in [9.17, 15) is 9.90 Å². The zero-order valence-corrected chi connectivity index (χ0v) is 11.6. The van der Waals surface area contributed by atoms with Gasteiger partial charge in [-0.3, -0.25) is 4.79 Å². The predicted octanol–water partition coefficient (Wildman–Crippen LogP) is 3.08. The van der Waals surface area contributed by atoms with Crippen molar-refractivity contribution in [2.75, 3.05) is 13.2 Å². The topological polar surface area (TPSA) is 46.5 Å². The van der Waals surface area contributed by atoms with Gasteiger partial charge in [0, 0.05) is 18.5 Å². The van der Waals surface area contributed by atoms with Gasteiger partial charge in [-0.15, -0.1) is 11.8 Å². The van der Waals surface area contributed by atoms with Crippen LogP contribution in [-0.4, -0.2) is 34.3 Å². The van der Waals surface area contributed by atoms with Gasteiger partial charge in [0.05, 0.1) is 0 Å². The molecule has 3 rings (SSSR count). The molecule has 1 spiro atoms. The van der Waals surface area contributed by atoms with Gasteiger partial charge in [-0.1, -0.05) is 12.8 Å². The number of aliphatic carboxylic acids is 1. The lowest BCUT2D eigenvalue weighted by Crippen LogP contribution is -2.57. The minimum absolute atomic E-state index is 0.294. The van der Waals surface area contributed by atoms with Crippen molar-refractivity contribution in [3.63, 3.8) is 0 Å². The summed E-state index contributed by atoms with van der Waals surface area (Å²) < 4.78 is 4.94. The molecule has 1 aliphatic heterocycles. The van der Waals surface area contributed by atoms with E-state index in [0.29, 0.717) is 10.7 Å². The largest absolute Gasteiger partial charge is 0.480 e. The quantitative estimate of drug-likeness (QED) is 0.856. The second-order valence-corrected chi connectivity index (χ2v) is 7.97. The number of ether oxygens (including phenoxy) is 1. The molecule has 102 valence electrons. The summed E-state index contributed by atoms with van der Waals surface area (Å²) in [5.74, 6) is -0.573. The molecule has 4 heteroatoms. The Kier molecular flexibility index (Phi) is 3.35. The molecular formula is C14H22O3S. The van der Waals surface area contributed by atoms with Gasteiger partial charge >= 0.3 is 5.97 Å². The van der Waals surface area contributed by atoms with Gasteiger partial charge in [-0.05, 0) is 43.9 Å². The zero-order chi connectivity index (χ0) is 12.6. The summed E-state index contributed by atoms with van der Waals surface area (Å²) in [6.07, 6.45) is 8.88. The molecule has 0 aromatic carbocycles. The molecule has 3 fully saturated rings. The minimum atomic E-state index is -0.573. The molecule has 0 amide bonds. The fourth-order valence-electron chi connectivity index (χ4n) is 3.93. The van der Waals surface area contributed by atoms with E-state index in [0.717, 1.165) is 38.9 Å². The van der Waals surface area contributed by atoms with Crippen molar-refractivity contribution >= 4 is 17.7 Å². The van der Waals surface area contributed by atoms with E-state index >= 15 is 0 Å². The molecule has 0 unspecified atom stereocenters. The Morgan fingerprint density at radius 3 is 2.33 bits per heavy atom. The van der Waals surface area contributed by atoms with E-state index in [1.165, 1.54) is 25.7 Å². The van der Waals surface area contributed by atoms with Gasteiger partial charge in [0.2, 0.25) is 0 Å². The molecule has 18 heavy (non-hydrogen) atoms. The number of hydrogen-bond acceptors (Lipinski definition) is 3. The summed E-state index contributed by atoms with van der Waals surface area (Å²) in [7, 11) is 0. The number of carbonyl (C=O) groups is 1. The first-order chi connectivity index (χ1) is 8.64. The molecule has 3 nitrogen and oxygen atoms in total. The molecule has 1 saturated heterocycles. The average molecular weight is 270 g/mol. The van der Waals surface area contributed by atoms with Crippen LogP contribution in [0.2, 0.25) is 0 Å². The van der Waals surface area contributed by atoms with Crippen molar-refractivity contribution in [2.24, 2.45) is 5.41 Å². The Hall–Kier alpha value is -0.220. The van der Waals surface area contributed by atoms with Gasteiger partial charge in [-0.25, -0.2) is 0 Å². The van der Waals surface area contributed by atoms with Crippen LogP contribution < -0.4 is 0 Å². The first-order valence-corrected chi connectivity index (χ1v) is 8.01. The van der Waals surface area contributed by atoms with Crippen molar-refractivity contribution in [2.45, 2.75) is 61.4 Å². The van der Waals surface area contributed by atoms with Gasteiger partial charge in [-0.2, -0.15) is 0 Å². The Bertz CT molecular complexity index is 322. The van der Waals surface area contributed by atoms with Gasteiger partial charge in [0.1, 0.15) is 4.75 Å². The summed E-state index contributed by atoms with van der Waals surface area (Å²) in [6, 6.07) is 0. The Morgan fingerprint density at radius 2 is 1.78 bits per heavy atom. The normalized spacial score (nSPS) is 30.2.